The van der Waals surface area contributed by atoms with E-state index in [9.17, 15) is 5.11 Å². The third kappa shape index (κ3) is 3.98. The molecule has 1 aliphatic rings. The summed E-state index contributed by atoms with van der Waals surface area (Å²) in [4.78, 5) is 0. The summed E-state index contributed by atoms with van der Waals surface area (Å²) in [5.74, 6) is 1.63. The van der Waals surface area contributed by atoms with E-state index in [1.54, 1.807) is 0 Å². The van der Waals surface area contributed by atoms with Gasteiger partial charge in [0.15, 0.2) is 0 Å². The Hall–Kier alpha value is -1.06. The van der Waals surface area contributed by atoms with E-state index < -0.39 is 0 Å². The number of ether oxygens (including phenoxy) is 1. The molecule has 2 atom stereocenters. The zero-order valence-corrected chi connectivity index (χ0v) is 13.8. The summed E-state index contributed by atoms with van der Waals surface area (Å²) in [6, 6.07) is 4.09. The summed E-state index contributed by atoms with van der Waals surface area (Å²) in [7, 11) is 0. The highest BCUT2D eigenvalue weighted by Gasteiger charge is 2.31. The first kappa shape index (κ1) is 16.3. The lowest BCUT2D eigenvalue weighted by Gasteiger charge is -2.16. The Morgan fingerprint density at radius 2 is 2.05 bits per heavy atom. The van der Waals surface area contributed by atoms with E-state index in [1.165, 1.54) is 11.1 Å². The zero-order chi connectivity index (χ0) is 15.4. The van der Waals surface area contributed by atoms with Gasteiger partial charge in [0.1, 0.15) is 5.75 Å². The van der Waals surface area contributed by atoms with Crippen molar-refractivity contribution in [2.75, 3.05) is 19.8 Å². The molecule has 1 aromatic rings. The maximum absolute atomic E-state index is 10.2. The minimum absolute atomic E-state index is 0.253. The smallest absolute Gasteiger partial charge is 0.120 e. The van der Waals surface area contributed by atoms with Crippen LogP contribution in [0.15, 0.2) is 12.1 Å². The van der Waals surface area contributed by atoms with E-state index in [0.29, 0.717) is 17.6 Å². The van der Waals surface area contributed by atoms with Gasteiger partial charge in [-0.15, -0.1) is 0 Å². The summed E-state index contributed by atoms with van der Waals surface area (Å²) >= 11 is 0. The van der Waals surface area contributed by atoms with Crippen molar-refractivity contribution in [2.45, 2.75) is 52.5 Å². The van der Waals surface area contributed by atoms with Gasteiger partial charge in [0.05, 0.1) is 6.61 Å². The van der Waals surface area contributed by atoms with Gasteiger partial charge in [-0.25, -0.2) is 0 Å². The second-order valence-electron chi connectivity index (χ2n) is 6.67. The molecular weight excluding hydrogens is 262 g/mol. The molecule has 1 aliphatic carbocycles. The highest BCUT2D eigenvalue weighted by Crippen LogP contribution is 2.45. The summed E-state index contributed by atoms with van der Waals surface area (Å²) in [5, 5.41) is 13.7. The van der Waals surface area contributed by atoms with Crippen LogP contribution in [0, 0.1) is 12.8 Å². The normalized spacial score (nSPS) is 21.0. The van der Waals surface area contributed by atoms with Gasteiger partial charge in [-0.3, -0.25) is 0 Å². The van der Waals surface area contributed by atoms with Gasteiger partial charge < -0.3 is 15.2 Å². The number of aryl methyl sites for hydroxylation is 1. The van der Waals surface area contributed by atoms with E-state index in [2.05, 4.69) is 33.0 Å². The molecule has 0 bridgehead atoms. The molecule has 2 N–H and O–H groups in total. The Morgan fingerprint density at radius 3 is 2.76 bits per heavy atom. The molecule has 1 aromatic carbocycles. The molecule has 21 heavy (non-hydrogen) atoms. The van der Waals surface area contributed by atoms with Crippen LogP contribution in [0.25, 0.3) is 0 Å². The molecule has 3 heteroatoms. The van der Waals surface area contributed by atoms with Crippen LogP contribution in [-0.4, -0.2) is 24.9 Å². The van der Waals surface area contributed by atoms with Crippen LogP contribution in [0.3, 0.4) is 0 Å². The predicted octanol–water partition coefficient (Wildman–Crippen LogP) is 3.90. The van der Waals surface area contributed by atoms with Crippen LogP contribution in [-0.2, 0) is 4.74 Å². The topological polar surface area (TPSA) is 41.5 Å². The summed E-state index contributed by atoms with van der Waals surface area (Å²) in [6.45, 7) is 11.2. The van der Waals surface area contributed by atoms with Crippen molar-refractivity contribution >= 4 is 0 Å². The lowest BCUT2D eigenvalue weighted by molar-refractivity contribution is 0.123. The standard InChI is InChI=1S/C18H29NO2/c1-12(2)7-9-21-10-8-19-15-11-14(4)17-13(3)5-6-16(20)18(15)17/h5-6,12,14-15,19-20H,7-11H2,1-4H3. The number of rotatable bonds is 7. The van der Waals surface area contributed by atoms with Crippen molar-refractivity contribution in [2.24, 2.45) is 5.92 Å². The molecule has 0 amide bonds. The van der Waals surface area contributed by atoms with Crippen LogP contribution in [0.1, 0.15) is 62.3 Å². The number of phenolic OH excluding ortho intramolecular Hbond substituents is 1. The predicted molar refractivity (Wildman–Crippen MR) is 86.9 cm³/mol. The molecule has 0 aromatic heterocycles. The van der Waals surface area contributed by atoms with Gasteiger partial charge in [-0.2, -0.15) is 0 Å². The minimum Gasteiger partial charge on any atom is -0.508 e. The van der Waals surface area contributed by atoms with Gasteiger partial charge in [0.25, 0.3) is 0 Å². The van der Waals surface area contributed by atoms with Crippen LogP contribution in [0.4, 0.5) is 0 Å². The van der Waals surface area contributed by atoms with Crippen molar-refractivity contribution in [3.05, 3.63) is 28.8 Å². The number of fused-ring (bicyclic) bond motifs is 1. The van der Waals surface area contributed by atoms with Crippen LogP contribution in [0.5, 0.6) is 5.75 Å². The summed E-state index contributed by atoms with van der Waals surface area (Å²) < 4.78 is 5.65. The fourth-order valence-corrected chi connectivity index (χ4v) is 3.26. The van der Waals surface area contributed by atoms with Crippen LogP contribution < -0.4 is 5.32 Å². The van der Waals surface area contributed by atoms with Gasteiger partial charge in [-0.1, -0.05) is 26.8 Å². The van der Waals surface area contributed by atoms with E-state index >= 15 is 0 Å². The van der Waals surface area contributed by atoms with Gasteiger partial charge in [0.2, 0.25) is 0 Å². The SMILES string of the molecule is Cc1ccc(O)c2c1C(C)CC2NCCOCCC(C)C. The van der Waals surface area contributed by atoms with Crippen LogP contribution in [0.2, 0.25) is 0 Å². The Balaban J connectivity index is 1.86. The maximum atomic E-state index is 10.2. The monoisotopic (exact) mass is 291 g/mol. The lowest BCUT2D eigenvalue weighted by Crippen LogP contribution is -2.24. The van der Waals surface area contributed by atoms with E-state index in [-0.39, 0.29) is 6.04 Å². The molecule has 0 heterocycles. The third-order valence-electron chi connectivity index (χ3n) is 4.39. The molecule has 0 radical (unpaired) electrons. The quantitative estimate of drug-likeness (QED) is 0.749. The first-order valence-corrected chi connectivity index (χ1v) is 8.14. The number of hydrogen-bond acceptors (Lipinski definition) is 3. The Kier molecular flexibility index (Phi) is 5.65. The number of aromatic hydroxyl groups is 1. The molecule has 3 nitrogen and oxygen atoms in total. The van der Waals surface area contributed by atoms with E-state index in [4.69, 9.17) is 4.74 Å². The van der Waals surface area contributed by atoms with Gasteiger partial charge >= 0.3 is 0 Å². The largest absolute Gasteiger partial charge is 0.508 e. The van der Waals surface area contributed by atoms with Crippen molar-refractivity contribution < 1.29 is 9.84 Å². The number of nitrogens with one attached hydrogen (secondary N) is 1. The summed E-state index contributed by atoms with van der Waals surface area (Å²) in [6.07, 6.45) is 2.17. The first-order valence-electron chi connectivity index (χ1n) is 8.14. The number of hydrogen-bond donors (Lipinski definition) is 2. The molecule has 0 spiro atoms. The Morgan fingerprint density at radius 1 is 1.29 bits per heavy atom. The summed E-state index contributed by atoms with van der Waals surface area (Å²) in [5.41, 5.74) is 3.71. The molecule has 0 aliphatic heterocycles. The second-order valence-corrected chi connectivity index (χ2v) is 6.67. The van der Waals surface area contributed by atoms with Crippen molar-refractivity contribution in [1.29, 1.82) is 0 Å². The molecule has 118 valence electrons. The number of benzene rings is 1. The highest BCUT2D eigenvalue weighted by molar-refractivity contribution is 5.50. The zero-order valence-electron chi connectivity index (χ0n) is 13.8. The average molecular weight is 291 g/mol. The highest BCUT2D eigenvalue weighted by atomic mass is 16.5. The van der Waals surface area contributed by atoms with E-state index in [1.807, 2.05) is 12.1 Å². The molecule has 2 unspecified atom stereocenters. The maximum Gasteiger partial charge on any atom is 0.120 e. The second kappa shape index (κ2) is 7.28. The van der Waals surface area contributed by atoms with Crippen molar-refractivity contribution in [3.8, 4) is 5.75 Å². The Bertz CT molecular complexity index is 471. The molecule has 2 rings (SSSR count). The number of phenols is 1. The average Bonchev–Trinajstić information content (AvgIpc) is 2.76. The van der Waals surface area contributed by atoms with Crippen molar-refractivity contribution in [3.63, 3.8) is 0 Å². The molecular formula is C18H29NO2. The Labute approximate surface area is 128 Å². The minimum atomic E-state index is 0.253. The molecule has 0 fully saturated rings. The molecule has 0 saturated heterocycles. The fourth-order valence-electron chi connectivity index (χ4n) is 3.26. The van der Waals surface area contributed by atoms with Gasteiger partial charge in [-0.05, 0) is 48.8 Å². The lowest BCUT2D eigenvalue weighted by atomic mass is 9.97. The van der Waals surface area contributed by atoms with Gasteiger partial charge in [0, 0.05) is 24.8 Å². The molecule has 0 saturated carbocycles. The van der Waals surface area contributed by atoms with E-state index in [0.717, 1.165) is 38.2 Å². The van der Waals surface area contributed by atoms with Crippen LogP contribution >= 0.6 is 0 Å². The van der Waals surface area contributed by atoms with Crippen molar-refractivity contribution in [1.82, 2.24) is 5.32 Å². The third-order valence-corrected chi connectivity index (χ3v) is 4.39. The fraction of sp³-hybridized carbons (Fsp3) is 0.667. The first-order chi connectivity index (χ1) is 10.0.